The topological polar surface area (TPSA) is 66.5 Å². The molecule has 0 aliphatic carbocycles. The van der Waals surface area contributed by atoms with Crippen LogP contribution in [-0.4, -0.2) is 32.0 Å². The van der Waals surface area contributed by atoms with Crippen LogP contribution < -0.4 is 4.72 Å². The third kappa shape index (κ3) is 4.33. The summed E-state index contributed by atoms with van der Waals surface area (Å²) in [6.07, 6.45) is 3.01. The largest absolute Gasteiger partial charge is 0.332 e. The molecule has 0 bridgehead atoms. The minimum absolute atomic E-state index is 0.0596. The van der Waals surface area contributed by atoms with Gasteiger partial charge in [-0.2, -0.15) is 0 Å². The molecule has 1 amide bonds. The number of carbonyl (C=O) groups is 1. The van der Waals surface area contributed by atoms with Crippen molar-refractivity contribution in [2.75, 3.05) is 17.5 Å². The van der Waals surface area contributed by atoms with Crippen molar-refractivity contribution in [2.45, 2.75) is 39.7 Å². The Balaban J connectivity index is 1.90. The average Bonchev–Trinajstić information content (AvgIpc) is 3.07. The second-order valence-electron chi connectivity index (χ2n) is 7.40. The number of nitrogens with zero attached hydrogens (tertiary/aromatic N) is 1. The minimum atomic E-state index is -3.40. The van der Waals surface area contributed by atoms with Gasteiger partial charge >= 0.3 is 0 Å². The van der Waals surface area contributed by atoms with Crippen LogP contribution in [0.1, 0.15) is 51.5 Å². The SMILES string of the molecule is Cc1ccc([C@@H]2CCCN2C(=O)c2ccc(C)c(NS(C)(=O)=O)c2)cc1C. The molecule has 1 atom stereocenters. The predicted molar refractivity (Wildman–Crippen MR) is 109 cm³/mol. The summed E-state index contributed by atoms with van der Waals surface area (Å²) in [6.45, 7) is 6.69. The van der Waals surface area contributed by atoms with E-state index >= 15 is 0 Å². The molecule has 1 aliphatic heterocycles. The highest BCUT2D eigenvalue weighted by atomic mass is 32.2. The number of amides is 1. The first-order valence-electron chi connectivity index (χ1n) is 9.12. The Morgan fingerprint density at radius 3 is 2.41 bits per heavy atom. The molecule has 1 saturated heterocycles. The monoisotopic (exact) mass is 386 g/mol. The Bertz CT molecular complexity index is 983. The van der Waals surface area contributed by atoms with Crippen LogP contribution in [0.3, 0.4) is 0 Å². The first-order valence-corrected chi connectivity index (χ1v) is 11.0. The van der Waals surface area contributed by atoms with Gasteiger partial charge in [-0.3, -0.25) is 9.52 Å². The average molecular weight is 387 g/mol. The second-order valence-corrected chi connectivity index (χ2v) is 9.15. The lowest BCUT2D eigenvalue weighted by Gasteiger charge is -2.26. The van der Waals surface area contributed by atoms with E-state index in [1.165, 1.54) is 11.1 Å². The van der Waals surface area contributed by atoms with E-state index in [2.05, 4.69) is 36.8 Å². The highest BCUT2D eigenvalue weighted by Gasteiger charge is 2.31. The molecule has 0 aromatic heterocycles. The maximum absolute atomic E-state index is 13.2. The lowest BCUT2D eigenvalue weighted by molar-refractivity contribution is 0.0735. The van der Waals surface area contributed by atoms with Gasteiger partial charge in [0.25, 0.3) is 5.91 Å². The van der Waals surface area contributed by atoms with Crippen molar-refractivity contribution in [2.24, 2.45) is 0 Å². The molecule has 2 aromatic rings. The van der Waals surface area contributed by atoms with E-state index in [-0.39, 0.29) is 11.9 Å². The highest BCUT2D eigenvalue weighted by Crippen LogP contribution is 2.34. The summed E-state index contributed by atoms with van der Waals surface area (Å²) in [5.41, 5.74) is 5.36. The molecule has 2 aromatic carbocycles. The van der Waals surface area contributed by atoms with Crippen molar-refractivity contribution in [3.05, 3.63) is 64.2 Å². The molecule has 1 heterocycles. The summed E-state index contributed by atoms with van der Waals surface area (Å²) in [6, 6.07) is 11.6. The molecular formula is C21H26N2O3S. The molecule has 1 N–H and O–H groups in total. The standard InChI is InChI=1S/C21H26N2O3S/c1-14-7-9-17(12-16(14)3)20-6-5-11-23(20)21(24)18-10-8-15(2)19(13-18)22-27(4,25)26/h7-10,12-13,20,22H,5-6,11H2,1-4H3/t20-/m0/s1. The normalized spacial score (nSPS) is 17.2. The van der Waals surface area contributed by atoms with Gasteiger partial charge < -0.3 is 4.90 Å². The number of likely N-dealkylation sites (tertiary alicyclic amines) is 1. The van der Waals surface area contributed by atoms with Gasteiger partial charge in [0, 0.05) is 12.1 Å². The molecule has 3 rings (SSSR count). The number of nitrogens with one attached hydrogen (secondary N) is 1. The zero-order valence-corrected chi connectivity index (χ0v) is 17.1. The number of hydrogen-bond acceptors (Lipinski definition) is 3. The number of aryl methyl sites for hydroxylation is 3. The summed E-state index contributed by atoms with van der Waals surface area (Å²) < 4.78 is 25.7. The summed E-state index contributed by atoms with van der Waals surface area (Å²) in [4.78, 5) is 15.1. The van der Waals surface area contributed by atoms with E-state index in [9.17, 15) is 13.2 Å². The molecule has 0 saturated carbocycles. The molecule has 27 heavy (non-hydrogen) atoms. The maximum atomic E-state index is 13.2. The Labute approximate surface area is 161 Å². The highest BCUT2D eigenvalue weighted by molar-refractivity contribution is 7.92. The number of sulfonamides is 1. The number of carbonyl (C=O) groups excluding carboxylic acids is 1. The molecule has 1 aliphatic rings. The molecule has 144 valence electrons. The van der Waals surface area contributed by atoms with Crippen LogP contribution in [0.4, 0.5) is 5.69 Å². The molecule has 0 radical (unpaired) electrons. The number of anilines is 1. The van der Waals surface area contributed by atoms with Gasteiger partial charge in [-0.25, -0.2) is 8.42 Å². The van der Waals surface area contributed by atoms with E-state index in [0.29, 0.717) is 17.8 Å². The first kappa shape index (κ1) is 19.4. The summed E-state index contributed by atoms with van der Waals surface area (Å²) in [7, 11) is -3.40. The quantitative estimate of drug-likeness (QED) is 0.865. The Kier molecular flexibility index (Phi) is 5.29. The van der Waals surface area contributed by atoms with Crippen molar-refractivity contribution < 1.29 is 13.2 Å². The second kappa shape index (κ2) is 7.35. The van der Waals surface area contributed by atoms with Crippen LogP contribution in [0.5, 0.6) is 0 Å². The van der Waals surface area contributed by atoms with E-state index < -0.39 is 10.0 Å². The Morgan fingerprint density at radius 2 is 1.74 bits per heavy atom. The van der Waals surface area contributed by atoms with E-state index in [1.807, 2.05) is 11.8 Å². The zero-order valence-electron chi connectivity index (χ0n) is 16.2. The molecule has 0 spiro atoms. The zero-order chi connectivity index (χ0) is 19.8. The third-order valence-corrected chi connectivity index (χ3v) is 5.80. The minimum Gasteiger partial charge on any atom is -0.332 e. The Hall–Kier alpha value is -2.34. The van der Waals surface area contributed by atoms with Gasteiger partial charge in [-0.05, 0) is 68.0 Å². The van der Waals surface area contributed by atoms with Gasteiger partial charge in [-0.1, -0.05) is 24.3 Å². The van der Waals surface area contributed by atoms with Crippen LogP contribution in [0, 0.1) is 20.8 Å². The fraction of sp³-hybridized carbons (Fsp3) is 0.381. The Morgan fingerprint density at radius 1 is 1.04 bits per heavy atom. The third-order valence-electron chi connectivity index (χ3n) is 5.21. The van der Waals surface area contributed by atoms with Crippen LogP contribution >= 0.6 is 0 Å². The predicted octanol–water partition coefficient (Wildman–Crippen LogP) is 3.96. The first-order chi connectivity index (χ1) is 12.7. The summed E-state index contributed by atoms with van der Waals surface area (Å²) in [5.74, 6) is -0.0627. The van der Waals surface area contributed by atoms with E-state index in [1.54, 1.807) is 18.2 Å². The van der Waals surface area contributed by atoms with Crippen molar-refractivity contribution in [3.8, 4) is 0 Å². The van der Waals surface area contributed by atoms with Crippen molar-refractivity contribution in [1.29, 1.82) is 0 Å². The fourth-order valence-corrected chi connectivity index (χ4v) is 4.18. The molecule has 6 heteroatoms. The summed E-state index contributed by atoms with van der Waals surface area (Å²) >= 11 is 0. The van der Waals surface area contributed by atoms with Gasteiger partial charge in [-0.15, -0.1) is 0 Å². The lowest BCUT2D eigenvalue weighted by atomic mass is 9.99. The van der Waals surface area contributed by atoms with Crippen molar-refractivity contribution in [1.82, 2.24) is 4.90 Å². The molecule has 0 unspecified atom stereocenters. The number of benzene rings is 2. The van der Waals surface area contributed by atoms with Crippen molar-refractivity contribution >= 4 is 21.6 Å². The molecular weight excluding hydrogens is 360 g/mol. The fourth-order valence-electron chi connectivity index (χ4n) is 3.56. The van der Waals surface area contributed by atoms with Gasteiger partial charge in [0.1, 0.15) is 0 Å². The lowest BCUT2D eigenvalue weighted by Crippen LogP contribution is -2.30. The van der Waals surface area contributed by atoms with Crippen LogP contribution in [0.2, 0.25) is 0 Å². The molecule has 5 nitrogen and oxygen atoms in total. The smallest absolute Gasteiger partial charge is 0.254 e. The van der Waals surface area contributed by atoms with Crippen LogP contribution in [0.25, 0.3) is 0 Å². The van der Waals surface area contributed by atoms with Crippen molar-refractivity contribution in [3.63, 3.8) is 0 Å². The number of hydrogen-bond donors (Lipinski definition) is 1. The van der Waals surface area contributed by atoms with Crippen LogP contribution in [0.15, 0.2) is 36.4 Å². The molecule has 1 fully saturated rings. The maximum Gasteiger partial charge on any atom is 0.254 e. The summed E-state index contributed by atoms with van der Waals surface area (Å²) in [5, 5.41) is 0. The van der Waals surface area contributed by atoms with Gasteiger partial charge in [0.15, 0.2) is 0 Å². The van der Waals surface area contributed by atoms with E-state index in [0.717, 1.165) is 30.2 Å². The van der Waals surface area contributed by atoms with E-state index in [4.69, 9.17) is 0 Å². The van der Waals surface area contributed by atoms with Gasteiger partial charge in [0.05, 0.1) is 18.0 Å². The number of rotatable bonds is 4. The van der Waals surface area contributed by atoms with Gasteiger partial charge in [0.2, 0.25) is 10.0 Å². The van der Waals surface area contributed by atoms with Crippen LogP contribution in [-0.2, 0) is 10.0 Å².